The molecule has 8 rings (SSSR count). The van der Waals surface area contributed by atoms with Gasteiger partial charge >= 0.3 is 0 Å². The maximum Gasteiger partial charge on any atom is 0.171 e. The molecule has 1 aromatic heterocycles. The molecule has 5 heteroatoms. The lowest BCUT2D eigenvalue weighted by Gasteiger charge is -2.69. The van der Waals surface area contributed by atoms with Crippen LogP contribution in [0, 0.1) is 34.0 Å². The minimum atomic E-state index is -0.841. The van der Waals surface area contributed by atoms with Gasteiger partial charge < -0.3 is 19.0 Å². The molecule has 2 unspecified atom stereocenters. The topological polar surface area (TPSA) is 68.9 Å². The first-order chi connectivity index (χ1) is 18.6. The van der Waals surface area contributed by atoms with Crippen LogP contribution in [0.15, 0.2) is 41.2 Å². The van der Waals surface area contributed by atoms with Crippen molar-refractivity contribution >= 4 is 5.78 Å². The van der Waals surface area contributed by atoms with E-state index in [0.29, 0.717) is 49.1 Å². The minimum absolute atomic E-state index is 0.00185. The monoisotopic (exact) mass is 530 g/mol. The number of Topliss-reactive ketones (excluding diaryl/α,β-unsaturated/α-hetero) is 1. The van der Waals surface area contributed by atoms with Crippen molar-refractivity contribution in [2.24, 2.45) is 34.0 Å². The second-order valence-electron chi connectivity index (χ2n) is 15.1. The van der Waals surface area contributed by atoms with E-state index in [1.807, 2.05) is 12.3 Å². The van der Waals surface area contributed by atoms with E-state index in [4.69, 9.17) is 13.9 Å². The number of carbonyl (C=O) groups is 1. The fourth-order valence-electron chi connectivity index (χ4n) is 10.7. The second-order valence-corrected chi connectivity index (χ2v) is 15.1. The molecule has 5 aliphatic carbocycles. The van der Waals surface area contributed by atoms with E-state index in [0.717, 1.165) is 56.9 Å². The van der Waals surface area contributed by atoms with Crippen molar-refractivity contribution in [3.63, 3.8) is 0 Å². The van der Waals surface area contributed by atoms with Crippen LogP contribution in [-0.2, 0) is 20.7 Å². The molecular weight excluding hydrogens is 488 g/mol. The minimum Gasteiger partial charge on any atom is -0.472 e. The van der Waals surface area contributed by atoms with Gasteiger partial charge in [0.25, 0.3) is 0 Å². The van der Waals surface area contributed by atoms with Crippen LogP contribution in [0.25, 0.3) is 11.1 Å². The molecule has 6 aliphatic rings. The van der Waals surface area contributed by atoms with Crippen molar-refractivity contribution in [1.29, 1.82) is 0 Å². The van der Waals surface area contributed by atoms with E-state index in [1.165, 1.54) is 16.7 Å². The summed E-state index contributed by atoms with van der Waals surface area (Å²) in [4.78, 5) is 13.4. The number of hydrogen-bond donors (Lipinski definition) is 1. The quantitative estimate of drug-likeness (QED) is 0.446. The van der Waals surface area contributed by atoms with Crippen molar-refractivity contribution in [2.45, 2.75) is 95.9 Å². The normalized spacial score (nSPS) is 43.3. The van der Waals surface area contributed by atoms with E-state index in [-0.39, 0.29) is 16.2 Å². The van der Waals surface area contributed by atoms with Gasteiger partial charge in [-0.05, 0) is 85.0 Å². The molecule has 1 aliphatic heterocycles. The first-order valence-corrected chi connectivity index (χ1v) is 15.3. The summed E-state index contributed by atoms with van der Waals surface area (Å²) < 4.78 is 18.4. The number of rotatable bonds is 1. The Morgan fingerprint density at radius 2 is 1.79 bits per heavy atom. The van der Waals surface area contributed by atoms with Crippen LogP contribution in [0.2, 0.25) is 0 Å². The number of furan rings is 1. The summed E-state index contributed by atoms with van der Waals surface area (Å²) in [6.07, 6.45) is 11.2. The smallest absolute Gasteiger partial charge is 0.171 e. The number of hydrogen-bond acceptors (Lipinski definition) is 5. The van der Waals surface area contributed by atoms with Gasteiger partial charge in [0, 0.05) is 41.1 Å². The van der Waals surface area contributed by atoms with Gasteiger partial charge in [-0.3, -0.25) is 4.79 Å². The highest BCUT2D eigenvalue weighted by Crippen LogP contribution is 2.73. The van der Waals surface area contributed by atoms with Crippen LogP contribution in [0.5, 0.6) is 0 Å². The number of ether oxygens (including phenoxy) is 2. The van der Waals surface area contributed by atoms with E-state index >= 15 is 0 Å². The zero-order valence-corrected chi connectivity index (χ0v) is 23.6. The SMILES string of the molecule is CC1(C)COC2(CC[C@@]34Cc5cc(-c6ccoc6)ccc5C5C[C@]6(C)C(=O)CC[C@H]6[C@H](CC[C@@]3(O)C2)C54)OC1. The molecular formula is C34H42O5. The highest BCUT2D eigenvalue weighted by atomic mass is 16.7. The number of carbonyl (C=O) groups excluding carboxylic acids is 1. The predicted octanol–water partition coefficient (Wildman–Crippen LogP) is 6.67. The van der Waals surface area contributed by atoms with E-state index in [9.17, 15) is 9.90 Å². The molecule has 1 N–H and O–H groups in total. The van der Waals surface area contributed by atoms with Crippen LogP contribution in [0.1, 0.15) is 89.2 Å². The molecule has 0 radical (unpaired) electrons. The van der Waals surface area contributed by atoms with Gasteiger partial charge in [0.2, 0.25) is 0 Å². The Kier molecular flexibility index (Phi) is 5.00. The molecule has 5 fully saturated rings. The number of aliphatic hydroxyl groups is 1. The summed E-state index contributed by atoms with van der Waals surface area (Å²) in [5, 5.41) is 12.9. The third-order valence-corrected chi connectivity index (χ3v) is 12.5. The van der Waals surface area contributed by atoms with Crippen LogP contribution >= 0.6 is 0 Å². The average molecular weight is 531 g/mol. The molecule has 1 aromatic carbocycles. The van der Waals surface area contributed by atoms with Gasteiger partial charge in [-0.1, -0.05) is 39.0 Å². The Balaban J connectivity index is 1.25. The summed E-state index contributed by atoms with van der Waals surface area (Å²) in [6, 6.07) is 8.94. The Morgan fingerprint density at radius 1 is 0.974 bits per heavy atom. The van der Waals surface area contributed by atoms with Crippen molar-refractivity contribution in [3.8, 4) is 11.1 Å². The van der Waals surface area contributed by atoms with Crippen molar-refractivity contribution in [1.82, 2.24) is 0 Å². The lowest BCUT2D eigenvalue weighted by atomic mass is 9.37. The van der Waals surface area contributed by atoms with Crippen molar-refractivity contribution in [3.05, 3.63) is 47.9 Å². The third-order valence-electron chi connectivity index (χ3n) is 12.5. The van der Waals surface area contributed by atoms with Crippen LogP contribution in [0.4, 0.5) is 0 Å². The van der Waals surface area contributed by atoms with E-state index in [1.54, 1.807) is 6.26 Å². The van der Waals surface area contributed by atoms with Gasteiger partial charge in [-0.15, -0.1) is 0 Å². The van der Waals surface area contributed by atoms with Crippen LogP contribution in [-0.4, -0.2) is 35.5 Å². The van der Waals surface area contributed by atoms with Gasteiger partial charge in [0.05, 0.1) is 31.3 Å². The molecule has 0 amide bonds. The van der Waals surface area contributed by atoms with E-state index < -0.39 is 11.4 Å². The summed E-state index contributed by atoms with van der Waals surface area (Å²) >= 11 is 0. The highest BCUT2D eigenvalue weighted by Gasteiger charge is 2.72. The molecule has 1 saturated heterocycles. The third kappa shape index (κ3) is 3.27. The molecule has 7 atom stereocenters. The lowest BCUT2D eigenvalue weighted by molar-refractivity contribution is -0.357. The first kappa shape index (κ1) is 24.8. The zero-order chi connectivity index (χ0) is 26.8. The van der Waals surface area contributed by atoms with Crippen molar-refractivity contribution < 1.29 is 23.8 Å². The lowest BCUT2D eigenvalue weighted by Crippen LogP contribution is -2.70. The van der Waals surface area contributed by atoms with Crippen LogP contribution in [0.3, 0.4) is 0 Å². The van der Waals surface area contributed by atoms with Gasteiger partial charge in [-0.25, -0.2) is 0 Å². The number of ketones is 1. The molecule has 39 heavy (non-hydrogen) atoms. The first-order valence-electron chi connectivity index (χ1n) is 15.3. The molecule has 4 saturated carbocycles. The molecule has 2 heterocycles. The Morgan fingerprint density at radius 3 is 2.56 bits per heavy atom. The van der Waals surface area contributed by atoms with Gasteiger partial charge in [0.1, 0.15) is 5.78 Å². The Hall–Kier alpha value is -1.95. The second kappa shape index (κ2) is 7.86. The Labute approximate surface area is 231 Å². The largest absolute Gasteiger partial charge is 0.472 e. The standard InChI is InChI=1S/C34H42O5/c1-30(2)19-38-34(39-20-30)12-11-32-15-23-14-21(22-9-13-37-17-22)4-5-24(23)26-16-31(3)27(6-7-28(31)35)25(29(26)32)8-10-33(32,36)18-34/h4-5,9,13-14,17,25-27,29,36H,6-8,10-12,15-16,18-20H2,1-3H3/t25-,26?,27-,29?,31-,32-,33+/m0/s1. The maximum absolute atomic E-state index is 13.4. The maximum atomic E-state index is 13.4. The molecule has 2 spiro atoms. The fraction of sp³-hybridized carbons (Fsp3) is 0.676. The zero-order valence-electron chi connectivity index (χ0n) is 23.6. The molecule has 0 bridgehead atoms. The van der Waals surface area contributed by atoms with Gasteiger partial charge in [0.15, 0.2) is 5.79 Å². The number of benzene rings is 1. The van der Waals surface area contributed by atoms with E-state index in [2.05, 4.69) is 39.0 Å². The van der Waals surface area contributed by atoms with Crippen molar-refractivity contribution in [2.75, 3.05) is 13.2 Å². The average Bonchev–Trinajstić information content (AvgIpc) is 3.55. The molecule has 208 valence electrons. The van der Waals surface area contributed by atoms with Gasteiger partial charge in [-0.2, -0.15) is 0 Å². The summed E-state index contributed by atoms with van der Waals surface area (Å²) in [5.41, 5.74) is 3.72. The summed E-state index contributed by atoms with van der Waals surface area (Å²) in [7, 11) is 0. The fourth-order valence-corrected chi connectivity index (χ4v) is 10.7. The molecule has 5 nitrogen and oxygen atoms in total. The summed E-state index contributed by atoms with van der Waals surface area (Å²) in [5.74, 6) is 1.42. The summed E-state index contributed by atoms with van der Waals surface area (Å²) in [6.45, 7) is 7.99. The number of fused-ring (bicyclic) bond motifs is 4. The van der Waals surface area contributed by atoms with Crippen LogP contribution < -0.4 is 0 Å². The molecule has 2 aromatic rings. The highest BCUT2D eigenvalue weighted by molar-refractivity contribution is 5.87. The predicted molar refractivity (Wildman–Crippen MR) is 147 cm³/mol. The Bertz CT molecular complexity index is 1320.